The average Bonchev–Trinajstić information content (AvgIpc) is 3.26. The van der Waals surface area contributed by atoms with Crippen LogP contribution in [0.5, 0.6) is 0 Å². The third kappa shape index (κ3) is 12.3. The van der Waals surface area contributed by atoms with Crippen molar-refractivity contribution in [3.05, 3.63) is 66.8 Å². The van der Waals surface area contributed by atoms with E-state index in [2.05, 4.69) is 54.6 Å². The number of allylic oxidation sites excluding steroid dienone is 4. The fraction of sp³-hybridized carbons (Fsp3) is 0.222. The van der Waals surface area contributed by atoms with Crippen molar-refractivity contribution >= 4 is 15.1 Å². The minimum absolute atomic E-state index is 1.00. The zero-order valence-corrected chi connectivity index (χ0v) is 14.5. The Hall–Kier alpha value is -1.19. The number of benzene rings is 1. The number of aliphatic hydroxyl groups excluding tert-OH is 2. The molecule has 0 aromatic heterocycles. The van der Waals surface area contributed by atoms with Crippen LogP contribution in [0.25, 0.3) is 10.8 Å². The van der Waals surface area contributed by atoms with Gasteiger partial charge in [-0.3, -0.25) is 6.08 Å². The second-order valence-corrected chi connectivity index (χ2v) is 4.35. The van der Waals surface area contributed by atoms with Gasteiger partial charge in [0.15, 0.2) is 0 Å². The molecule has 1 aliphatic carbocycles. The molecule has 0 atom stereocenters. The predicted molar refractivity (Wildman–Crippen MR) is 89.1 cm³/mol. The van der Waals surface area contributed by atoms with E-state index in [0.29, 0.717) is 0 Å². The third-order valence-electron chi connectivity index (χ3n) is 2.13. The van der Waals surface area contributed by atoms with Crippen LogP contribution in [0, 0.1) is 6.08 Å². The topological polar surface area (TPSA) is 40.5 Å². The van der Waals surface area contributed by atoms with Gasteiger partial charge in [-0.15, -0.1) is 36.1 Å². The first-order valence-electron chi connectivity index (χ1n) is 6.55. The summed E-state index contributed by atoms with van der Waals surface area (Å²) in [5.41, 5.74) is 0. The molecule has 0 unspecified atom stereocenters. The maximum absolute atomic E-state index is 7.00. The normalized spacial score (nSPS) is 9.86. The van der Waals surface area contributed by atoms with Crippen LogP contribution in [-0.2, 0) is 20.0 Å². The van der Waals surface area contributed by atoms with E-state index in [9.17, 15) is 0 Å². The third-order valence-corrected chi connectivity index (χ3v) is 2.13. The average molecular weight is 320 g/mol. The molecule has 21 heavy (non-hydrogen) atoms. The molecule has 2 aromatic carbocycles. The van der Waals surface area contributed by atoms with E-state index >= 15 is 0 Å². The molecule has 2 aromatic rings. The SMILES string of the molecule is CO.CO.C[CH]=[Ti+2].[C-]1=CC=CC1.c1ccc2[cH-]ccc2c1. The van der Waals surface area contributed by atoms with Gasteiger partial charge < -0.3 is 10.2 Å². The molecule has 0 saturated heterocycles. The molecule has 0 amide bonds. The van der Waals surface area contributed by atoms with Crippen molar-refractivity contribution in [2.75, 3.05) is 14.2 Å². The van der Waals surface area contributed by atoms with Crippen LogP contribution in [0.3, 0.4) is 0 Å². The summed E-state index contributed by atoms with van der Waals surface area (Å²) < 4.78 is 2.00. The summed E-state index contributed by atoms with van der Waals surface area (Å²) in [5.74, 6) is 0. The molecule has 0 aliphatic heterocycles. The van der Waals surface area contributed by atoms with Crippen LogP contribution >= 0.6 is 0 Å². The summed E-state index contributed by atoms with van der Waals surface area (Å²) in [6, 6.07) is 14.7. The van der Waals surface area contributed by atoms with E-state index in [0.717, 1.165) is 20.6 Å². The summed E-state index contributed by atoms with van der Waals surface area (Å²) in [6.07, 6.45) is 10.0. The molecule has 3 heteroatoms. The van der Waals surface area contributed by atoms with Crippen molar-refractivity contribution < 1.29 is 30.2 Å². The van der Waals surface area contributed by atoms with E-state index in [1.165, 1.54) is 10.8 Å². The van der Waals surface area contributed by atoms with E-state index < -0.39 is 0 Å². The van der Waals surface area contributed by atoms with E-state index in [1.807, 2.05) is 43.4 Å². The largest absolute Gasteiger partial charge is 0.273 e. The Labute approximate surface area is 139 Å². The van der Waals surface area contributed by atoms with Gasteiger partial charge in [-0.05, 0) is 0 Å². The van der Waals surface area contributed by atoms with Gasteiger partial charge in [0.05, 0.1) is 0 Å². The minimum atomic E-state index is 1.00. The Bertz CT molecular complexity index is 458. The van der Waals surface area contributed by atoms with Gasteiger partial charge in [0, 0.05) is 14.2 Å². The van der Waals surface area contributed by atoms with E-state index in [1.54, 1.807) is 0 Å². The molecule has 2 nitrogen and oxygen atoms in total. The molecule has 0 fully saturated rings. The molecule has 0 saturated carbocycles. The fourth-order valence-electron chi connectivity index (χ4n) is 1.41. The van der Waals surface area contributed by atoms with Crippen molar-refractivity contribution in [3.8, 4) is 0 Å². The van der Waals surface area contributed by atoms with Crippen molar-refractivity contribution in [2.24, 2.45) is 0 Å². The zero-order chi connectivity index (χ0) is 16.3. The van der Waals surface area contributed by atoms with Gasteiger partial charge >= 0.3 is 31.2 Å². The molecule has 0 heterocycles. The van der Waals surface area contributed by atoms with Crippen LogP contribution in [-0.4, -0.2) is 28.7 Å². The fourth-order valence-corrected chi connectivity index (χ4v) is 1.41. The number of fused-ring (bicyclic) bond motifs is 1. The Morgan fingerprint density at radius 2 is 1.76 bits per heavy atom. The molecule has 112 valence electrons. The van der Waals surface area contributed by atoms with Crippen LogP contribution in [0.4, 0.5) is 0 Å². The first-order valence-corrected chi connectivity index (χ1v) is 7.45. The Morgan fingerprint density at radius 3 is 2.19 bits per heavy atom. The standard InChI is InChI=1S/C9H7.C5H5.C2H4.2CH4O.Ti/c1-2-5-9-7-3-6-8(9)4-1;1-2-4-5-3-1;3*1-2;/h1-7H;1-3H,4H2;1H,2H3;2*2H,1H3;/q2*-1;;;;+2. The minimum Gasteiger partial charge on any atom is -0.273 e. The van der Waals surface area contributed by atoms with E-state index in [-0.39, 0.29) is 0 Å². The second kappa shape index (κ2) is 18.8. The zero-order valence-electron chi connectivity index (χ0n) is 13.0. The monoisotopic (exact) mass is 320 g/mol. The van der Waals surface area contributed by atoms with Crippen LogP contribution < -0.4 is 0 Å². The van der Waals surface area contributed by atoms with Gasteiger partial charge in [-0.2, -0.15) is 23.6 Å². The number of hydrogen-bond acceptors (Lipinski definition) is 2. The van der Waals surface area contributed by atoms with Crippen LogP contribution in [0.15, 0.2) is 60.7 Å². The molecule has 0 spiro atoms. The first-order chi connectivity index (χ1) is 10.4. The van der Waals surface area contributed by atoms with Crippen LogP contribution in [0.2, 0.25) is 0 Å². The molecular weight excluding hydrogens is 296 g/mol. The maximum Gasteiger partial charge on any atom is -0.0809 e. The summed E-state index contributed by atoms with van der Waals surface area (Å²) >= 11 is 2.00. The molecule has 3 rings (SSSR count). The Kier molecular flexibility index (Phi) is 19.8. The maximum atomic E-state index is 7.00. The number of rotatable bonds is 0. The van der Waals surface area contributed by atoms with Crippen molar-refractivity contribution in [1.29, 1.82) is 0 Å². The smallest absolute Gasteiger partial charge is 0.0809 e. The van der Waals surface area contributed by atoms with Crippen LogP contribution in [0.1, 0.15) is 13.3 Å². The molecule has 1 aliphatic rings. The second-order valence-electron chi connectivity index (χ2n) is 3.45. The summed E-state index contributed by atoms with van der Waals surface area (Å²) in [4.78, 5) is 0. The van der Waals surface area contributed by atoms with Gasteiger partial charge in [0.1, 0.15) is 0 Å². The van der Waals surface area contributed by atoms with Gasteiger partial charge in [0.2, 0.25) is 0 Å². The van der Waals surface area contributed by atoms with Gasteiger partial charge in [-0.25, -0.2) is 12.2 Å². The van der Waals surface area contributed by atoms with E-state index in [4.69, 9.17) is 10.2 Å². The Morgan fingerprint density at radius 1 is 1.14 bits per heavy atom. The first kappa shape index (κ1) is 22.1. The summed E-state index contributed by atoms with van der Waals surface area (Å²) in [5, 5.41) is 16.7. The quantitative estimate of drug-likeness (QED) is 0.577. The molecular formula is C18H24O2Ti. The summed E-state index contributed by atoms with van der Waals surface area (Å²) in [6.45, 7) is 2.00. The summed E-state index contributed by atoms with van der Waals surface area (Å²) in [7, 11) is 2.00. The molecule has 2 N–H and O–H groups in total. The Balaban J connectivity index is 0. The van der Waals surface area contributed by atoms with Crippen molar-refractivity contribution in [1.82, 2.24) is 0 Å². The van der Waals surface area contributed by atoms with Crippen molar-refractivity contribution in [3.63, 3.8) is 0 Å². The predicted octanol–water partition coefficient (Wildman–Crippen LogP) is 3.44. The molecule has 0 radical (unpaired) electrons. The van der Waals surface area contributed by atoms with Gasteiger partial charge in [-0.1, -0.05) is 6.07 Å². The molecule has 0 bridgehead atoms. The number of hydrogen-bond donors (Lipinski definition) is 2. The van der Waals surface area contributed by atoms with Crippen molar-refractivity contribution in [2.45, 2.75) is 13.3 Å². The number of aliphatic hydroxyl groups is 2. The van der Waals surface area contributed by atoms with Gasteiger partial charge in [0.25, 0.3) is 0 Å².